The van der Waals surface area contributed by atoms with Crippen molar-refractivity contribution in [1.82, 2.24) is 0 Å². The standard InChI is InChI=1S/C20H26N2O4.C20H23NO5.CH4O/c1-20(2,3)26-19(23)22-15-8-6-7-13(11-15)18(21)14-9-10-16(24-4)17(12-14)25-5;1-20(2,3)26-19(23)21-15-8-6-7-13(11-15)18(22)14-9-10-16(24-4)17(12-14)25-5;1-2/h6-12,18H,21H2,1-5H3,(H,22,23);6-12H,1-5H3,(H,21,23);2H,1H3. The van der Waals surface area contributed by atoms with Gasteiger partial charge in [-0.2, -0.15) is 0 Å². The molecule has 13 heteroatoms. The zero-order valence-corrected chi connectivity index (χ0v) is 32.9. The lowest BCUT2D eigenvalue weighted by Gasteiger charge is -2.20. The fourth-order valence-corrected chi connectivity index (χ4v) is 4.77. The van der Waals surface area contributed by atoms with E-state index < -0.39 is 23.4 Å². The number of anilines is 2. The van der Waals surface area contributed by atoms with Gasteiger partial charge in [0, 0.05) is 29.6 Å². The summed E-state index contributed by atoms with van der Waals surface area (Å²) in [6.07, 6.45) is -1.08. The molecule has 4 aromatic carbocycles. The smallest absolute Gasteiger partial charge is 0.412 e. The molecule has 4 rings (SSSR count). The number of ether oxygens (including phenoxy) is 6. The Morgan fingerprint density at radius 2 is 0.981 bits per heavy atom. The Hall–Kier alpha value is -5.79. The molecule has 292 valence electrons. The molecule has 0 aliphatic carbocycles. The SMILES string of the molecule is CO.COc1ccc(C(=O)c2cccc(NC(=O)OC(C)(C)C)c2)cc1OC.COc1ccc(C(N)c2cccc(NC(=O)OC(C)(C)C)c2)cc1OC. The van der Waals surface area contributed by atoms with Crippen LogP contribution in [0, 0.1) is 0 Å². The fourth-order valence-electron chi connectivity index (χ4n) is 4.77. The predicted molar refractivity (Wildman–Crippen MR) is 209 cm³/mol. The zero-order chi connectivity index (χ0) is 40.6. The summed E-state index contributed by atoms with van der Waals surface area (Å²) in [6.45, 7) is 10.8. The van der Waals surface area contributed by atoms with Gasteiger partial charge in [0.1, 0.15) is 11.2 Å². The lowest BCUT2D eigenvalue weighted by atomic mass is 9.98. The second-order valence-corrected chi connectivity index (χ2v) is 13.5. The average Bonchev–Trinajstić information content (AvgIpc) is 3.13. The van der Waals surface area contributed by atoms with E-state index in [0.29, 0.717) is 45.5 Å². The van der Waals surface area contributed by atoms with E-state index in [1.54, 1.807) is 83.5 Å². The fraction of sp³-hybridized carbons (Fsp3) is 0.341. The largest absolute Gasteiger partial charge is 0.493 e. The number of hydrogen-bond acceptors (Lipinski definition) is 11. The second kappa shape index (κ2) is 20.5. The van der Waals surface area contributed by atoms with Crippen molar-refractivity contribution in [2.45, 2.75) is 58.8 Å². The van der Waals surface area contributed by atoms with Crippen LogP contribution in [0.3, 0.4) is 0 Å². The summed E-state index contributed by atoms with van der Waals surface area (Å²) in [4.78, 5) is 36.6. The van der Waals surface area contributed by atoms with E-state index in [0.717, 1.165) is 18.2 Å². The van der Waals surface area contributed by atoms with Crippen LogP contribution in [-0.2, 0) is 9.47 Å². The molecular formula is C41H53N3O10. The zero-order valence-electron chi connectivity index (χ0n) is 32.9. The van der Waals surface area contributed by atoms with Gasteiger partial charge in [0.05, 0.1) is 34.5 Å². The second-order valence-electron chi connectivity index (χ2n) is 13.5. The molecule has 0 aliphatic rings. The topological polar surface area (TPSA) is 177 Å². The van der Waals surface area contributed by atoms with Gasteiger partial charge in [-0.1, -0.05) is 30.3 Å². The van der Waals surface area contributed by atoms with E-state index in [9.17, 15) is 14.4 Å². The normalized spacial score (nSPS) is 11.2. The highest BCUT2D eigenvalue weighted by Gasteiger charge is 2.19. The first-order valence-electron chi connectivity index (χ1n) is 16.9. The molecular weight excluding hydrogens is 694 g/mol. The molecule has 0 saturated carbocycles. The maximum atomic E-state index is 12.7. The number of hydrogen-bond donors (Lipinski definition) is 4. The summed E-state index contributed by atoms with van der Waals surface area (Å²) in [5.41, 5.74) is 8.95. The molecule has 0 fully saturated rings. The third kappa shape index (κ3) is 14.0. The van der Waals surface area contributed by atoms with Crippen LogP contribution in [0.4, 0.5) is 21.0 Å². The van der Waals surface area contributed by atoms with E-state index in [4.69, 9.17) is 39.3 Å². The van der Waals surface area contributed by atoms with Crippen molar-refractivity contribution in [1.29, 1.82) is 0 Å². The molecule has 1 atom stereocenters. The van der Waals surface area contributed by atoms with Crippen LogP contribution >= 0.6 is 0 Å². The Morgan fingerprint density at radius 1 is 0.556 bits per heavy atom. The van der Waals surface area contributed by atoms with Crippen LogP contribution in [-0.4, -0.2) is 69.8 Å². The highest BCUT2D eigenvalue weighted by molar-refractivity contribution is 6.10. The Morgan fingerprint density at radius 3 is 1.48 bits per heavy atom. The summed E-state index contributed by atoms with van der Waals surface area (Å²) in [5.74, 6) is 2.08. The van der Waals surface area contributed by atoms with Crippen LogP contribution in [0.2, 0.25) is 0 Å². The minimum Gasteiger partial charge on any atom is -0.493 e. The van der Waals surface area contributed by atoms with Crippen LogP contribution in [0.25, 0.3) is 0 Å². The number of rotatable bonds is 10. The van der Waals surface area contributed by atoms with Crippen LogP contribution in [0.1, 0.15) is 74.6 Å². The molecule has 0 bridgehead atoms. The Kier molecular flexibility index (Phi) is 16.8. The van der Waals surface area contributed by atoms with E-state index in [-0.39, 0.29) is 11.8 Å². The maximum Gasteiger partial charge on any atom is 0.412 e. The molecule has 54 heavy (non-hydrogen) atoms. The van der Waals surface area contributed by atoms with E-state index in [1.807, 2.05) is 57.2 Å². The summed E-state index contributed by atoms with van der Waals surface area (Å²) in [5, 5.41) is 12.4. The van der Waals surface area contributed by atoms with Crippen molar-refractivity contribution < 1.29 is 47.9 Å². The van der Waals surface area contributed by atoms with Gasteiger partial charge >= 0.3 is 12.2 Å². The van der Waals surface area contributed by atoms with Crippen molar-refractivity contribution in [3.05, 3.63) is 107 Å². The van der Waals surface area contributed by atoms with E-state index in [1.165, 1.54) is 14.2 Å². The molecule has 0 aliphatic heterocycles. The predicted octanol–water partition coefficient (Wildman–Crippen LogP) is 7.99. The van der Waals surface area contributed by atoms with Crippen LogP contribution in [0.15, 0.2) is 84.9 Å². The van der Waals surface area contributed by atoms with Crippen molar-refractivity contribution in [2.75, 3.05) is 46.2 Å². The number of methoxy groups -OCH3 is 4. The molecule has 0 spiro atoms. The number of ketones is 1. The molecule has 4 aromatic rings. The first-order valence-corrected chi connectivity index (χ1v) is 16.9. The first-order chi connectivity index (χ1) is 25.5. The van der Waals surface area contributed by atoms with Gasteiger partial charge in [-0.05, 0) is 107 Å². The molecule has 2 amide bonds. The Bertz CT molecular complexity index is 1850. The van der Waals surface area contributed by atoms with Gasteiger partial charge in [-0.25, -0.2) is 9.59 Å². The van der Waals surface area contributed by atoms with Gasteiger partial charge < -0.3 is 39.3 Å². The summed E-state index contributed by atoms with van der Waals surface area (Å²) in [6, 6.07) is 24.1. The lowest BCUT2D eigenvalue weighted by molar-refractivity contribution is 0.0624. The third-order valence-electron chi connectivity index (χ3n) is 7.07. The van der Waals surface area contributed by atoms with Crippen LogP contribution < -0.4 is 35.3 Å². The van der Waals surface area contributed by atoms with Crippen molar-refractivity contribution in [2.24, 2.45) is 5.73 Å². The molecule has 0 radical (unpaired) electrons. The quantitative estimate of drug-likeness (QED) is 0.116. The average molecular weight is 748 g/mol. The summed E-state index contributed by atoms with van der Waals surface area (Å²) < 4.78 is 31.5. The molecule has 0 aromatic heterocycles. The monoisotopic (exact) mass is 747 g/mol. The number of aliphatic hydroxyl groups is 1. The molecule has 0 saturated heterocycles. The van der Waals surface area contributed by atoms with Crippen molar-refractivity contribution in [3.8, 4) is 23.0 Å². The number of nitrogens with two attached hydrogens (primary N) is 1. The number of nitrogens with one attached hydrogen (secondary N) is 2. The number of benzene rings is 4. The number of carbonyl (C=O) groups excluding carboxylic acids is 3. The lowest BCUT2D eigenvalue weighted by Crippen LogP contribution is -2.27. The van der Waals surface area contributed by atoms with Gasteiger partial charge in [-0.15, -0.1) is 0 Å². The van der Waals surface area contributed by atoms with Gasteiger partial charge in [-0.3, -0.25) is 15.4 Å². The number of carbonyl (C=O) groups is 3. The Labute approximate surface area is 317 Å². The highest BCUT2D eigenvalue weighted by atomic mass is 16.6. The minimum absolute atomic E-state index is 0.196. The minimum atomic E-state index is -0.600. The summed E-state index contributed by atoms with van der Waals surface area (Å²) >= 11 is 0. The highest BCUT2D eigenvalue weighted by Crippen LogP contribution is 2.32. The van der Waals surface area contributed by atoms with Gasteiger partial charge in [0.25, 0.3) is 0 Å². The van der Waals surface area contributed by atoms with Crippen molar-refractivity contribution >= 4 is 29.3 Å². The van der Waals surface area contributed by atoms with Crippen LogP contribution in [0.5, 0.6) is 23.0 Å². The number of amides is 2. The summed E-state index contributed by atoms with van der Waals surface area (Å²) in [7, 11) is 7.21. The van der Waals surface area contributed by atoms with Gasteiger partial charge in [0.15, 0.2) is 28.8 Å². The molecule has 0 heterocycles. The third-order valence-corrected chi connectivity index (χ3v) is 7.07. The number of aliphatic hydroxyl groups excluding tert-OH is 1. The molecule has 5 N–H and O–H groups in total. The van der Waals surface area contributed by atoms with E-state index in [2.05, 4.69) is 10.6 Å². The first kappa shape index (κ1) is 44.4. The molecule has 13 nitrogen and oxygen atoms in total. The van der Waals surface area contributed by atoms with Crippen molar-refractivity contribution in [3.63, 3.8) is 0 Å². The molecule has 1 unspecified atom stereocenters. The Balaban J connectivity index is 0.000000357. The van der Waals surface area contributed by atoms with Gasteiger partial charge in [0.2, 0.25) is 0 Å². The van der Waals surface area contributed by atoms with E-state index >= 15 is 0 Å². The maximum absolute atomic E-state index is 12.7.